The van der Waals surface area contributed by atoms with E-state index in [-0.39, 0.29) is 5.84 Å². The Morgan fingerprint density at radius 2 is 2.30 bits per heavy atom. The molecule has 5 nitrogen and oxygen atoms in total. The normalized spacial score (nSPS) is 17.1. The number of oxime groups is 1. The van der Waals surface area contributed by atoms with Crippen molar-refractivity contribution in [3.05, 3.63) is 23.8 Å². The molecule has 1 aromatic rings. The molecule has 6 heteroatoms. The van der Waals surface area contributed by atoms with Gasteiger partial charge in [-0.3, -0.25) is 0 Å². The van der Waals surface area contributed by atoms with Crippen molar-refractivity contribution in [3.8, 4) is 0 Å². The number of thioether (sulfide) groups is 1. The van der Waals surface area contributed by atoms with Crippen LogP contribution in [-0.2, 0) is 4.74 Å². The van der Waals surface area contributed by atoms with E-state index in [1.165, 1.54) is 0 Å². The second-order valence-electron chi connectivity index (χ2n) is 4.52. The smallest absolute Gasteiger partial charge is 0.173 e. The van der Waals surface area contributed by atoms with Crippen LogP contribution in [0.4, 0.5) is 5.69 Å². The molecule has 110 valence electrons. The van der Waals surface area contributed by atoms with Crippen molar-refractivity contribution in [1.82, 2.24) is 0 Å². The number of nitrogens with zero attached hydrogens (tertiary/aromatic N) is 2. The van der Waals surface area contributed by atoms with Crippen molar-refractivity contribution < 1.29 is 9.94 Å². The maximum atomic E-state index is 9.07. The van der Waals surface area contributed by atoms with Crippen LogP contribution in [0.1, 0.15) is 18.9 Å². The van der Waals surface area contributed by atoms with Crippen LogP contribution in [0.2, 0.25) is 0 Å². The average Bonchev–Trinajstić information content (AvgIpc) is 2.75. The molecule has 1 fully saturated rings. The first kappa shape index (κ1) is 15.0. The zero-order chi connectivity index (χ0) is 14.4. The highest BCUT2D eigenvalue weighted by atomic mass is 32.2. The molecule has 0 amide bonds. The molecule has 3 N–H and O–H groups in total. The number of benzene rings is 1. The van der Waals surface area contributed by atoms with Crippen LogP contribution in [-0.4, -0.2) is 43.1 Å². The Hall–Kier alpha value is -1.40. The third-order valence-corrected chi connectivity index (χ3v) is 4.17. The topological polar surface area (TPSA) is 71.1 Å². The number of anilines is 1. The predicted octanol–water partition coefficient (Wildman–Crippen LogP) is 2.12. The van der Waals surface area contributed by atoms with Gasteiger partial charge in [0.05, 0.1) is 12.2 Å². The molecule has 2 rings (SSSR count). The molecule has 0 bridgehead atoms. The van der Waals surface area contributed by atoms with E-state index in [0.29, 0.717) is 6.61 Å². The lowest BCUT2D eigenvalue weighted by molar-refractivity contribution is 0.152. The summed E-state index contributed by atoms with van der Waals surface area (Å²) >= 11 is 1.70. The van der Waals surface area contributed by atoms with E-state index < -0.39 is 0 Å². The van der Waals surface area contributed by atoms with E-state index in [1.807, 2.05) is 18.2 Å². The minimum atomic E-state index is 0.168. The molecule has 1 aromatic carbocycles. The lowest BCUT2D eigenvalue weighted by Gasteiger charge is -2.25. The molecule has 0 aromatic heterocycles. The molecular formula is C14H21N3O2S. The van der Waals surface area contributed by atoms with Gasteiger partial charge in [-0.15, -0.1) is 11.8 Å². The molecule has 1 aliphatic rings. The number of amidine groups is 1. The molecule has 20 heavy (non-hydrogen) atoms. The molecule has 1 heterocycles. The summed E-state index contributed by atoms with van der Waals surface area (Å²) in [6.45, 7) is 5.34. The van der Waals surface area contributed by atoms with Crippen LogP contribution in [0, 0.1) is 0 Å². The lowest BCUT2D eigenvalue weighted by Crippen LogP contribution is -2.29. The van der Waals surface area contributed by atoms with Gasteiger partial charge in [-0.2, -0.15) is 0 Å². The molecular weight excluding hydrogens is 274 g/mol. The molecule has 0 atom stereocenters. The van der Waals surface area contributed by atoms with Gasteiger partial charge in [0.25, 0.3) is 0 Å². The van der Waals surface area contributed by atoms with Crippen molar-refractivity contribution in [2.45, 2.75) is 18.2 Å². The van der Waals surface area contributed by atoms with Crippen molar-refractivity contribution in [1.29, 1.82) is 0 Å². The van der Waals surface area contributed by atoms with Crippen molar-refractivity contribution in [2.75, 3.05) is 37.0 Å². The summed E-state index contributed by atoms with van der Waals surface area (Å²) in [7, 11) is 0. The highest BCUT2D eigenvalue weighted by Gasteiger charge is 2.19. The highest BCUT2D eigenvalue weighted by Crippen LogP contribution is 2.31. The number of hydrogen-bond donors (Lipinski definition) is 2. The van der Waals surface area contributed by atoms with Crippen LogP contribution in [0.25, 0.3) is 0 Å². The van der Waals surface area contributed by atoms with Gasteiger partial charge < -0.3 is 20.6 Å². The lowest BCUT2D eigenvalue weighted by atomic mass is 10.1. The second kappa shape index (κ2) is 7.40. The Morgan fingerprint density at radius 1 is 1.45 bits per heavy atom. The molecule has 1 saturated heterocycles. The molecule has 1 aliphatic heterocycles. The Bertz CT molecular complexity index is 471. The van der Waals surface area contributed by atoms with Crippen LogP contribution < -0.4 is 10.6 Å². The fourth-order valence-corrected chi connectivity index (χ4v) is 3.19. The fourth-order valence-electron chi connectivity index (χ4n) is 2.35. The molecule has 0 aliphatic carbocycles. The third-order valence-electron chi connectivity index (χ3n) is 3.23. The second-order valence-corrected chi connectivity index (χ2v) is 5.83. The first-order valence-electron chi connectivity index (χ1n) is 6.84. The third kappa shape index (κ3) is 3.37. The number of nitrogens with two attached hydrogens (primary N) is 1. The molecule has 0 unspecified atom stereocenters. The van der Waals surface area contributed by atoms with E-state index >= 15 is 0 Å². The SMILES string of the molecule is CCSc1cccc(N2CCCOCC2)c1/C(N)=N/O. The summed E-state index contributed by atoms with van der Waals surface area (Å²) in [5, 5.41) is 12.3. The highest BCUT2D eigenvalue weighted by molar-refractivity contribution is 7.99. The minimum Gasteiger partial charge on any atom is -0.409 e. The van der Waals surface area contributed by atoms with Gasteiger partial charge in [-0.25, -0.2) is 0 Å². The molecule has 0 spiro atoms. The van der Waals surface area contributed by atoms with Gasteiger partial charge in [0, 0.05) is 30.3 Å². The first-order chi connectivity index (χ1) is 9.77. The van der Waals surface area contributed by atoms with Crippen LogP contribution >= 0.6 is 11.8 Å². The summed E-state index contributed by atoms with van der Waals surface area (Å²) in [5.74, 6) is 1.11. The standard InChI is InChI=1S/C14H21N3O2S/c1-2-20-12-6-3-5-11(13(12)14(15)16-18)17-7-4-9-19-10-8-17/h3,5-6,18H,2,4,7-10H2,1H3,(H2,15,16). The van der Waals surface area contributed by atoms with Gasteiger partial charge in [0.2, 0.25) is 0 Å². The maximum Gasteiger partial charge on any atom is 0.173 e. The quantitative estimate of drug-likeness (QED) is 0.293. The Labute approximate surface area is 123 Å². The van der Waals surface area contributed by atoms with Crippen molar-refractivity contribution >= 4 is 23.3 Å². The minimum absolute atomic E-state index is 0.168. The van der Waals surface area contributed by atoms with Gasteiger partial charge in [-0.05, 0) is 24.3 Å². The van der Waals surface area contributed by atoms with Gasteiger partial charge in [-0.1, -0.05) is 18.1 Å². The molecule has 0 saturated carbocycles. The van der Waals surface area contributed by atoms with E-state index in [1.54, 1.807) is 11.8 Å². The van der Waals surface area contributed by atoms with Crippen LogP contribution in [0.5, 0.6) is 0 Å². The monoisotopic (exact) mass is 295 g/mol. The van der Waals surface area contributed by atoms with Crippen molar-refractivity contribution in [2.24, 2.45) is 10.9 Å². The average molecular weight is 295 g/mol. The number of ether oxygens (including phenoxy) is 1. The zero-order valence-electron chi connectivity index (χ0n) is 11.7. The summed E-state index contributed by atoms with van der Waals surface area (Å²) in [6.07, 6.45) is 0.987. The van der Waals surface area contributed by atoms with E-state index in [9.17, 15) is 0 Å². The van der Waals surface area contributed by atoms with E-state index in [0.717, 1.165) is 48.0 Å². The summed E-state index contributed by atoms with van der Waals surface area (Å²) in [6, 6.07) is 6.06. The summed E-state index contributed by atoms with van der Waals surface area (Å²) in [5.41, 5.74) is 7.74. The first-order valence-corrected chi connectivity index (χ1v) is 7.83. The van der Waals surface area contributed by atoms with Gasteiger partial charge in [0.1, 0.15) is 0 Å². The Kier molecular flexibility index (Phi) is 5.55. The summed E-state index contributed by atoms with van der Waals surface area (Å²) < 4.78 is 5.49. The largest absolute Gasteiger partial charge is 0.409 e. The zero-order valence-corrected chi connectivity index (χ0v) is 12.5. The fraction of sp³-hybridized carbons (Fsp3) is 0.500. The van der Waals surface area contributed by atoms with E-state index in [2.05, 4.69) is 17.0 Å². The van der Waals surface area contributed by atoms with Crippen LogP contribution in [0.3, 0.4) is 0 Å². The summed E-state index contributed by atoms with van der Waals surface area (Å²) in [4.78, 5) is 3.30. The molecule has 0 radical (unpaired) electrons. The van der Waals surface area contributed by atoms with Gasteiger partial charge in [0.15, 0.2) is 5.84 Å². The van der Waals surface area contributed by atoms with Crippen LogP contribution in [0.15, 0.2) is 28.3 Å². The van der Waals surface area contributed by atoms with E-state index in [4.69, 9.17) is 15.7 Å². The van der Waals surface area contributed by atoms with Crippen molar-refractivity contribution in [3.63, 3.8) is 0 Å². The number of hydrogen-bond acceptors (Lipinski definition) is 5. The predicted molar refractivity (Wildman–Crippen MR) is 83.0 cm³/mol. The Morgan fingerprint density at radius 3 is 3.05 bits per heavy atom. The van der Waals surface area contributed by atoms with Gasteiger partial charge >= 0.3 is 0 Å². The maximum absolute atomic E-state index is 9.07. The number of rotatable bonds is 4. The Balaban J connectivity index is 2.42.